The zero-order chi connectivity index (χ0) is 29.3. The van der Waals surface area contributed by atoms with E-state index in [0.717, 1.165) is 33.5 Å². The standard InChI is InChI=1S/C40H26N4/c1-4-12-27(13-5-1)34-26-36(41-35-25-24-28-14-10-11-19-33(28)37(34)35)29-20-22-32(23-21-29)40-43-38(30-15-6-2-7-16-30)42-39(44-40)31-17-8-3-9-18-31/h1-26H. The molecule has 4 nitrogen and oxygen atoms in total. The highest BCUT2D eigenvalue weighted by atomic mass is 15.0. The zero-order valence-corrected chi connectivity index (χ0v) is 23.8. The summed E-state index contributed by atoms with van der Waals surface area (Å²) in [6, 6.07) is 54.0. The van der Waals surface area contributed by atoms with Crippen LogP contribution in [-0.2, 0) is 0 Å². The topological polar surface area (TPSA) is 51.6 Å². The van der Waals surface area contributed by atoms with E-state index < -0.39 is 0 Å². The Hall–Kier alpha value is -6.00. The molecule has 0 amide bonds. The number of rotatable bonds is 5. The third-order valence-corrected chi connectivity index (χ3v) is 7.92. The van der Waals surface area contributed by atoms with Gasteiger partial charge in [0, 0.05) is 27.6 Å². The van der Waals surface area contributed by atoms with Gasteiger partial charge in [-0.2, -0.15) is 0 Å². The summed E-state index contributed by atoms with van der Waals surface area (Å²) in [7, 11) is 0. The minimum Gasteiger partial charge on any atom is -0.248 e. The second-order valence-corrected chi connectivity index (χ2v) is 10.7. The van der Waals surface area contributed by atoms with Crippen molar-refractivity contribution in [3.63, 3.8) is 0 Å². The van der Waals surface area contributed by atoms with Gasteiger partial charge in [-0.25, -0.2) is 19.9 Å². The Morgan fingerprint density at radius 3 is 1.41 bits per heavy atom. The van der Waals surface area contributed by atoms with Crippen LogP contribution in [0.15, 0.2) is 158 Å². The van der Waals surface area contributed by atoms with E-state index in [1.54, 1.807) is 0 Å². The minimum atomic E-state index is 0.632. The average molecular weight is 563 g/mol. The molecule has 0 bridgehead atoms. The molecule has 44 heavy (non-hydrogen) atoms. The SMILES string of the molecule is c1ccc(-c2nc(-c3ccccc3)nc(-c3ccc(-c4cc(-c5ccccc5)c5c(ccc6ccccc65)n4)cc3)n2)cc1. The summed E-state index contributed by atoms with van der Waals surface area (Å²) < 4.78 is 0. The van der Waals surface area contributed by atoms with Gasteiger partial charge < -0.3 is 0 Å². The van der Waals surface area contributed by atoms with Gasteiger partial charge in [0.25, 0.3) is 0 Å². The van der Waals surface area contributed by atoms with Crippen LogP contribution >= 0.6 is 0 Å². The lowest BCUT2D eigenvalue weighted by molar-refractivity contribution is 1.07. The monoisotopic (exact) mass is 562 g/mol. The number of benzene rings is 6. The van der Waals surface area contributed by atoms with Gasteiger partial charge in [-0.05, 0) is 34.0 Å². The molecule has 2 aromatic heterocycles. The molecule has 0 aliphatic heterocycles. The Balaban J connectivity index is 1.25. The van der Waals surface area contributed by atoms with Gasteiger partial charge in [-0.3, -0.25) is 0 Å². The van der Waals surface area contributed by atoms with Crippen LogP contribution in [0.4, 0.5) is 0 Å². The average Bonchev–Trinajstić information content (AvgIpc) is 3.12. The third kappa shape index (κ3) is 4.79. The van der Waals surface area contributed by atoms with Crippen molar-refractivity contribution in [3.8, 4) is 56.5 Å². The fourth-order valence-corrected chi connectivity index (χ4v) is 5.73. The van der Waals surface area contributed by atoms with Gasteiger partial charge >= 0.3 is 0 Å². The molecular formula is C40H26N4. The van der Waals surface area contributed by atoms with Crippen molar-refractivity contribution in [1.82, 2.24) is 19.9 Å². The van der Waals surface area contributed by atoms with Crippen molar-refractivity contribution in [2.45, 2.75) is 0 Å². The highest BCUT2D eigenvalue weighted by Crippen LogP contribution is 2.37. The number of pyridine rings is 1. The smallest absolute Gasteiger partial charge is 0.164 e. The molecule has 8 aromatic rings. The van der Waals surface area contributed by atoms with Crippen LogP contribution < -0.4 is 0 Å². The van der Waals surface area contributed by atoms with Gasteiger partial charge in [-0.15, -0.1) is 0 Å². The molecule has 0 aliphatic carbocycles. The van der Waals surface area contributed by atoms with Crippen LogP contribution in [0.5, 0.6) is 0 Å². The maximum absolute atomic E-state index is 5.15. The molecule has 0 fully saturated rings. The molecule has 0 radical (unpaired) electrons. The van der Waals surface area contributed by atoms with Crippen LogP contribution in [0.25, 0.3) is 78.2 Å². The van der Waals surface area contributed by atoms with E-state index in [1.807, 2.05) is 60.7 Å². The number of aromatic nitrogens is 4. The van der Waals surface area contributed by atoms with E-state index in [9.17, 15) is 0 Å². The van der Waals surface area contributed by atoms with Crippen LogP contribution in [0.2, 0.25) is 0 Å². The van der Waals surface area contributed by atoms with Gasteiger partial charge in [-0.1, -0.05) is 146 Å². The van der Waals surface area contributed by atoms with Gasteiger partial charge in [0.1, 0.15) is 0 Å². The maximum Gasteiger partial charge on any atom is 0.164 e. The predicted octanol–water partition coefficient (Wildman–Crippen LogP) is 9.91. The molecule has 0 spiro atoms. The summed E-state index contributed by atoms with van der Waals surface area (Å²) in [6.07, 6.45) is 0. The molecule has 0 saturated carbocycles. The van der Waals surface area contributed by atoms with Crippen molar-refractivity contribution >= 4 is 21.7 Å². The lowest BCUT2D eigenvalue weighted by atomic mass is 9.94. The lowest BCUT2D eigenvalue weighted by Crippen LogP contribution is -2.00. The maximum atomic E-state index is 5.15. The first kappa shape index (κ1) is 25.7. The molecule has 8 rings (SSSR count). The van der Waals surface area contributed by atoms with Gasteiger partial charge in [0.05, 0.1) is 11.2 Å². The first-order chi connectivity index (χ1) is 21.8. The predicted molar refractivity (Wildman–Crippen MR) is 180 cm³/mol. The van der Waals surface area contributed by atoms with E-state index in [-0.39, 0.29) is 0 Å². The first-order valence-corrected chi connectivity index (χ1v) is 14.7. The van der Waals surface area contributed by atoms with Gasteiger partial charge in [0.2, 0.25) is 0 Å². The molecule has 0 unspecified atom stereocenters. The number of nitrogens with zero attached hydrogens (tertiary/aromatic N) is 4. The van der Waals surface area contributed by atoms with Crippen LogP contribution in [0.1, 0.15) is 0 Å². The minimum absolute atomic E-state index is 0.632. The summed E-state index contributed by atoms with van der Waals surface area (Å²) >= 11 is 0. The van der Waals surface area contributed by atoms with Crippen LogP contribution in [0.3, 0.4) is 0 Å². The Morgan fingerprint density at radius 1 is 0.341 bits per heavy atom. The highest BCUT2D eigenvalue weighted by molar-refractivity contribution is 6.13. The Labute approximate surface area is 255 Å². The van der Waals surface area contributed by atoms with Crippen LogP contribution in [0, 0.1) is 0 Å². The molecular weight excluding hydrogens is 536 g/mol. The summed E-state index contributed by atoms with van der Waals surface area (Å²) in [5, 5.41) is 3.58. The quantitative estimate of drug-likeness (QED) is 0.196. The largest absolute Gasteiger partial charge is 0.248 e. The molecule has 0 saturated heterocycles. The molecule has 4 heteroatoms. The fraction of sp³-hybridized carbons (Fsp3) is 0. The summed E-state index contributed by atoms with van der Waals surface area (Å²) in [6.45, 7) is 0. The molecule has 2 heterocycles. The zero-order valence-electron chi connectivity index (χ0n) is 23.8. The van der Waals surface area contributed by atoms with E-state index in [2.05, 4.69) is 97.1 Å². The second kappa shape index (κ2) is 11.0. The number of fused-ring (bicyclic) bond motifs is 3. The highest BCUT2D eigenvalue weighted by Gasteiger charge is 2.15. The summed E-state index contributed by atoms with van der Waals surface area (Å²) in [5.41, 5.74) is 8.08. The van der Waals surface area contributed by atoms with Crippen molar-refractivity contribution in [1.29, 1.82) is 0 Å². The fourth-order valence-electron chi connectivity index (χ4n) is 5.73. The van der Waals surface area contributed by atoms with Crippen molar-refractivity contribution in [3.05, 3.63) is 158 Å². The second-order valence-electron chi connectivity index (χ2n) is 10.7. The van der Waals surface area contributed by atoms with Crippen LogP contribution in [-0.4, -0.2) is 19.9 Å². The van der Waals surface area contributed by atoms with E-state index in [1.165, 1.54) is 27.3 Å². The normalized spacial score (nSPS) is 11.2. The Morgan fingerprint density at radius 2 is 0.818 bits per heavy atom. The van der Waals surface area contributed by atoms with E-state index in [4.69, 9.17) is 19.9 Å². The van der Waals surface area contributed by atoms with Gasteiger partial charge in [0.15, 0.2) is 17.5 Å². The number of hydrogen-bond donors (Lipinski definition) is 0. The Bertz CT molecular complexity index is 2190. The summed E-state index contributed by atoms with van der Waals surface area (Å²) in [4.78, 5) is 19.7. The van der Waals surface area contributed by atoms with E-state index >= 15 is 0 Å². The third-order valence-electron chi connectivity index (χ3n) is 7.92. The molecule has 0 aliphatic rings. The van der Waals surface area contributed by atoms with Crippen molar-refractivity contribution < 1.29 is 0 Å². The molecule has 206 valence electrons. The van der Waals surface area contributed by atoms with E-state index in [0.29, 0.717) is 17.5 Å². The first-order valence-electron chi connectivity index (χ1n) is 14.7. The Kier molecular flexibility index (Phi) is 6.43. The van der Waals surface area contributed by atoms with Crippen molar-refractivity contribution in [2.75, 3.05) is 0 Å². The lowest BCUT2D eigenvalue weighted by Gasteiger charge is -2.13. The van der Waals surface area contributed by atoms with Crippen molar-refractivity contribution in [2.24, 2.45) is 0 Å². The molecule has 0 atom stereocenters. The molecule has 0 N–H and O–H groups in total. The summed E-state index contributed by atoms with van der Waals surface area (Å²) in [5.74, 6) is 1.93. The molecule has 6 aromatic carbocycles. The number of hydrogen-bond acceptors (Lipinski definition) is 4.